The number of benzene rings is 1. The van der Waals surface area contributed by atoms with Gasteiger partial charge >= 0.3 is 0 Å². The maximum absolute atomic E-state index is 5.90. The first-order valence-corrected chi connectivity index (χ1v) is 6.61. The minimum Gasteiger partial charge on any atom is -0.493 e. The van der Waals surface area contributed by atoms with Crippen LogP contribution in [-0.4, -0.2) is 24.6 Å². The third-order valence-electron chi connectivity index (χ3n) is 3.87. The molecule has 0 amide bonds. The number of ether oxygens (including phenoxy) is 1. The highest BCUT2D eigenvalue weighted by atomic mass is 16.5. The lowest BCUT2D eigenvalue weighted by atomic mass is 9.96. The van der Waals surface area contributed by atoms with Gasteiger partial charge in [0.2, 0.25) is 0 Å². The number of hydrogen-bond donors (Lipinski definition) is 1. The van der Waals surface area contributed by atoms with Crippen molar-refractivity contribution in [2.45, 2.75) is 31.7 Å². The second-order valence-electron chi connectivity index (χ2n) is 5.05. The minimum absolute atomic E-state index is 0.516. The SMILES string of the molecule is Nc1ccc2c(c1)C(N1CCCCC1)CCO2. The number of nitrogen functional groups attached to an aromatic ring is 1. The van der Waals surface area contributed by atoms with Crippen molar-refractivity contribution >= 4 is 5.69 Å². The summed E-state index contributed by atoms with van der Waals surface area (Å²) in [7, 11) is 0. The summed E-state index contributed by atoms with van der Waals surface area (Å²) in [6.07, 6.45) is 5.13. The van der Waals surface area contributed by atoms with Gasteiger partial charge in [0.25, 0.3) is 0 Å². The van der Waals surface area contributed by atoms with E-state index in [2.05, 4.69) is 11.0 Å². The molecule has 0 saturated carbocycles. The van der Waals surface area contributed by atoms with Crippen LogP contribution >= 0.6 is 0 Å². The third kappa shape index (κ3) is 2.12. The molecule has 3 heteroatoms. The first kappa shape index (κ1) is 10.9. The smallest absolute Gasteiger partial charge is 0.124 e. The average Bonchev–Trinajstić information content (AvgIpc) is 2.39. The minimum atomic E-state index is 0.516. The fraction of sp³-hybridized carbons (Fsp3) is 0.571. The highest BCUT2D eigenvalue weighted by molar-refractivity contribution is 5.49. The van der Waals surface area contributed by atoms with Gasteiger partial charge in [-0.2, -0.15) is 0 Å². The number of anilines is 1. The zero-order valence-corrected chi connectivity index (χ0v) is 10.2. The second kappa shape index (κ2) is 4.57. The van der Waals surface area contributed by atoms with Gasteiger partial charge in [-0.3, -0.25) is 4.90 Å². The van der Waals surface area contributed by atoms with Crippen molar-refractivity contribution < 1.29 is 4.74 Å². The van der Waals surface area contributed by atoms with Crippen molar-refractivity contribution in [3.05, 3.63) is 23.8 Å². The molecule has 0 spiro atoms. The molecule has 3 nitrogen and oxygen atoms in total. The number of nitrogens with two attached hydrogens (primary N) is 1. The van der Waals surface area contributed by atoms with Crippen molar-refractivity contribution in [2.24, 2.45) is 0 Å². The van der Waals surface area contributed by atoms with Crippen LogP contribution in [0.3, 0.4) is 0 Å². The van der Waals surface area contributed by atoms with E-state index in [1.165, 1.54) is 37.9 Å². The zero-order chi connectivity index (χ0) is 11.7. The van der Waals surface area contributed by atoms with Gasteiger partial charge in [0.15, 0.2) is 0 Å². The van der Waals surface area contributed by atoms with E-state index in [1.54, 1.807) is 0 Å². The van der Waals surface area contributed by atoms with Crippen LogP contribution in [0, 0.1) is 0 Å². The van der Waals surface area contributed by atoms with Crippen LogP contribution in [0.4, 0.5) is 5.69 Å². The van der Waals surface area contributed by atoms with Crippen molar-refractivity contribution in [2.75, 3.05) is 25.4 Å². The predicted molar refractivity (Wildman–Crippen MR) is 69.1 cm³/mol. The Morgan fingerprint density at radius 1 is 1.18 bits per heavy atom. The molecule has 2 aliphatic heterocycles. The molecule has 2 heterocycles. The molecular formula is C14H20N2O. The van der Waals surface area contributed by atoms with Crippen molar-refractivity contribution in [1.82, 2.24) is 4.90 Å². The molecule has 1 atom stereocenters. The first-order chi connectivity index (χ1) is 8.34. The Morgan fingerprint density at radius 2 is 2.00 bits per heavy atom. The predicted octanol–water partition coefficient (Wildman–Crippen LogP) is 2.58. The molecule has 1 aromatic rings. The van der Waals surface area contributed by atoms with E-state index in [1.807, 2.05) is 12.1 Å². The molecule has 17 heavy (non-hydrogen) atoms. The lowest BCUT2D eigenvalue weighted by Gasteiger charge is -2.37. The molecule has 3 rings (SSSR count). The first-order valence-electron chi connectivity index (χ1n) is 6.61. The van der Waals surface area contributed by atoms with Crippen LogP contribution in [0.1, 0.15) is 37.3 Å². The third-order valence-corrected chi connectivity index (χ3v) is 3.87. The Labute approximate surface area is 103 Å². The average molecular weight is 232 g/mol. The molecule has 2 N–H and O–H groups in total. The number of rotatable bonds is 1. The van der Waals surface area contributed by atoms with Crippen molar-refractivity contribution in [3.8, 4) is 5.75 Å². The number of likely N-dealkylation sites (tertiary alicyclic amines) is 1. The highest BCUT2D eigenvalue weighted by Crippen LogP contribution is 2.38. The Hall–Kier alpha value is -1.22. The molecule has 0 aliphatic carbocycles. The standard InChI is InChI=1S/C14H20N2O/c15-11-4-5-14-12(10-11)13(6-9-17-14)16-7-2-1-3-8-16/h4-5,10,13H,1-3,6-9,15H2. The van der Waals surface area contributed by atoms with Gasteiger partial charge in [0, 0.05) is 23.7 Å². The van der Waals surface area contributed by atoms with E-state index in [-0.39, 0.29) is 0 Å². The molecule has 92 valence electrons. The Kier molecular flexibility index (Phi) is 2.93. The monoisotopic (exact) mass is 232 g/mol. The Bertz CT molecular complexity index is 399. The number of fused-ring (bicyclic) bond motifs is 1. The van der Waals surface area contributed by atoms with E-state index in [9.17, 15) is 0 Å². The summed E-state index contributed by atoms with van der Waals surface area (Å²) in [5, 5.41) is 0. The Balaban J connectivity index is 1.89. The van der Waals surface area contributed by atoms with Crippen LogP contribution in [0.15, 0.2) is 18.2 Å². The van der Waals surface area contributed by atoms with Crippen molar-refractivity contribution in [3.63, 3.8) is 0 Å². The van der Waals surface area contributed by atoms with Gasteiger partial charge in [0.05, 0.1) is 6.61 Å². The van der Waals surface area contributed by atoms with E-state index < -0.39 is 0 Å². The zero-order valence-electron chi connectivity index (χ0n) is 10.2. The molecule has 0 bridgehead atoms. The highest BCUT2D eigenvalue weighted by Gasteiger charge is 2.27. The normalized spacial score (nSPS) is 25.1. The summed E-state index contributed by atoms with van der Waals surface area (Å²) in [6.45, 7) is 3.27. The summed E-state index contributed by atoms with van der Waals surface area (Å²) >= 11 is 0. The van der Waals surface area contributed by atoms with Crippen LogP contribution in [0.25, 0.3) is 0 Å². The van der Waals surface area contributed by atoms with E-state index >= 15 is 0 Å². The fourth-order valence-electron chi connectivity index (χ4n) is 3.00. The second-order valence-corrected chi connectivity index (χ2v) is 5.05. The van der Waals surface area contributed by atoms with Crippen LogP contribution in [0.5, 0.6) is 5.75 Å². The van der Waals surface area contributed by atoms with Crippen LogP contribution < -0.4 is 10.5 Å². The lowest BCUT2D eigenvalue weighted by Crippen LogP contribution is -2.36. The molecular weight excluding hydrogens is 212 g/mol. The van der Waals surface area contributed by atoms with Crippen LogP contribution in [0.2, 0.25) is 0 Å². The van der Waals surface area contributed by atoms with Gasteiger partial charge in [-0.1, -0.05) is 6.42 Å². The molecule has 1 fully saturated rings. The quantitative estimate of drug-likeness (QED) is 0.756. The van der Waals surface area contributed by atoms with Gasteiger partial charge < -0.3 is 10.5 Å². The van der Waals surface area contributed by atoms with Gasteiger partial charge in [-0.25, -0.2) is 0 Å². The van der Waals surface area contributed by atoms with Gasteiger partial charge in [-0.05, 0) is 44.1 Å². The van der Waals surface area contributed by atoms with E-state index in [4.69, 9.17) is 10.5 Å². The van der Waals surface area contributed by atoms with Crippen LogP contribution in [-0.2, 0) is 0 Å². The summed E-state index contributed by atoms with van der Waals surface area (Å²) in [5.41, 5.74) is 8.03. The maximum atomic E-state index is 5.90. The molecule has 0 aromatic heterocycles. The number of hydrogen-bond acceptors (Lipinski definition) is 3. The van der Waals surface area contributed by atoms with E-state index in [0.29, 0.717) is 6.04 Å². The molecule has 1 aromatic carbocycles. The van der Waals surface area contributed by atoms with E-state index in [0.717, 1.165) is 24.5 Å². The van der Waals surface area contributed by atoms with Gasteiger partial charge in [-0.15, -0.1) is 0 Å². The fourth-order valence-corrected chi connectivity index (χ4v) is 3.00. The number of nitrogens with zero attached hydrogens (tertiary/aromatic N) is 1. The topological polar surface area (TPSA) is 38.5 Å². The van der Waals surface area contributed by atoms with Crippen molar-refractivity contribution in [1.29, 1.82) is 0 Å². The lowest BCUT2D eigenvalue weighted by molar-refractivity contribution is 0.119. The molecule has 2 aliphatic rings. The largest absolute Gasteiger partial charge is 0.493 e. The summed E-state index contributed by atoms with van der Waals surface area (Å²) < 4.78 is 5.72. The summed E-state index contributed by atoms with van der Waals surface area (Å²) in [5.74, 6) is 1.03. The molecule has 0 radical (unpaired) electrons. The molecule has 1 saturated heterocycles. The van der Waals surface area contributed by atoms with Gasteiger partial charge in [0.1, 0.15) is 5.75 Å². The maximum Gasteiger partial charge on any atom is 0.124 e. The summed E-state index contributed by atoms with van der Waals surface area (Å²) in [4.78, 5) is 2.60. The molecule has 1 unspecified atom stereocenters. The summed E-state index contributed by atoms with van der Waals surface area (Å²) in [6, 6.07) is 6.55. The number of piperidine rings is 1. The Morgan fingerprint density at radius 3 is 2.82 bits per heavy atom.